The Kier molecular flexibility index (Phi) is 3.66. The number of rotatable bonds is 5. The van der Waals surface area contributed by atoms with Crippen molar-refractivity contribution >= 4 is 10.0 Å². The summed E-state index contributed by atoms with van der Waals surface area (Å²) in [5.74, 6) is 0.763. The van der Waals surface area contributed by atoms with E-state index >= 15 is 0 Å². The van der Waals surface area contributed by atoms with Gasteiger partial charge in [-0.3, -0.25) is 0 Å². The number of sulfonamides is 1. The number of benzene rings is 1. The molecule has 0 radical (unpaired) electrons. The SMILES string of the molecule is O=S(=O)(NCCCO)c1ccc2c(c1)CCO2. The number of aliphatic hydroxyl groups is 1. The fourth-order valence-electron chi connectivity index (χ4n) is 1.70. The van der Waals surface area contributed by atoms with Crippen LogP contribution in [0.5, 0.6) is 5.75 Å². The fraction of sp³-hybridized carbons (Fsp3) is 0.455. The van der Waals surface area contributed by atoms with Gasteiger partial charge in [0.1, 0.15) is 5.75 Å². The third kappa shape index (κ3) is 2.77. The van der Waals surface area contributed by atoms with Gasteiger partial charge in [0.2, 0.25) is 10.0 Å². The van der Waals surface area contributed by atoms with E-state index in [2.05, 4.69) is 4.72 Å². The van der Waals surface area contributed by atoms with E-state index in [9.17, 15) is 8.42 Å². The largest absolute Gasteiger partial charge is 0.493 e. The van der Waals surface area contributed by atoms with Crippen molar-refractivity contribution in [3.63, 3.8) is 0 Å². The van der Waals surface area contributed by atoms with Gasteiger partial charge in [0.05, 0.1) is 11.5 Å². The van der Waals surface area contributed by atoms with Crippen molar-refractivity contribution in [3.05, 3.63) is 23.8 Å². The molecule has 0 fully saturated rings. The number of fused-ring (bicyclic) bond motifs is 1. The van der Waals surface area contributed by atoms with Crippen molar-refractivity contribution in [2.45, 2.75) is 17.7 Å². The maximum absolute atomic E-state index is 11.9. The summed E-state index contributed by atoms with van der Waals surface area (Å²) in [5, 5.41) is 8.61. The Morgan fingerprint density at radius 2 is 2.24 bits per heavy atom. The predicted molar refractivity (Wildman–Crippen MR) is 62.5 cm³/mol. The van der Waals surface area contributed by atoms with Gasteiger partial charge in [-0.25, -0.2) is 13.1 Å². The highest BCUT2D eigenvalue weighted by Crippen LogP contribution is 2.27. The molecule has 0 unspecified atom stereocenters. The Morgan fingerprint density at radius 1 is 1.41 bits per heavy atom. The Labute approximate surface area is 100 Å². The van der Waals surface area contributed by atoms with E-state index in [1.807, 2.05) is 0 Å². The van der Waals surface area contributed by atoms with Crippen molar-refractivity contribution in [3.8, 4) is 5.75 Å². The van der Waals surface area contributed by atoms with Crippen molar-refractivity contribution in [2.75, 3.05) is 19.8 Å². The summed E-state index contributed by atoms with van der Waals surface area (Å²) in [6, 6.07) is 4.86. The summed E-state index contributed by atoms with van der Waals surface area (Å²) in [7, 11) is -3.47. The molecule has 6 heteroatoms. The average molecular weight is 257 g/mol. The molecule has 0 spiro atoms. The highest BCUT2D eigenvalue weighted by atomic mass is 32.2. The molecule has 1 aliphatic rings. The lowest BCUT2D eigenvalue weighted by molar-refractivity contribution is 0.289. The minimum atomic E-state index is -3.47. The second-order valence-corrected chi connectivity index (χ2v) is 5.61. The zero-order chi connectivity index (χ0) is 12.3. The number of nitrogens with one attached hydrogen (secondary N) is 1. The second-order valence-electron chi connectivity index (χ2n) is 3.84. The van der Waals surface area contributed by atoms with Gasteiger partial charge in [-0.05, 0) is 30.2 Å². The topological polar surface area (TPSA) is 75.6 Å². The highest BCUT2D eigenvalue weighted by molar-refractivity contribution is 7.89. The Bertz CT molecular complexity index is 498. The van der Waals surface area contributed by atoms with E-state index in [-0.39, 0.29) is 18.0 Å². The van der Waals surface area contributed by atoms with Gasteiger partial charge in [0.15, 0.2) is 0 Å². The lowest BCUT2D eigenvalue weighted by Crippen LogP contribution is -2.25. The maximum atomic E-state index is 11.9. The average Bonchev–Trinajstić information content (AvgIpc) is 2.76. The quantitative estimate of drug-likeness (QED) is 0.743. The van der Waals surface area contributed by atoms with Crippen LogP contribution in [0.3, 0.4) is 0 Å². The molecule has 2 rings (SSSR count). The maximum Gasteiger partial charge on any atom is 0.240 e. The molecule has 1 heterocycles. The molecule has 94 valence electrons. The summed E-state index contributed by atoms with van der Waals surface area (Å²) >= 11 is 0. The van der Waals surface area contributed by atoms with Crippen LogP contribution in [0.25, 0.3) is 0 Å². The molecule has 2 N–H and O–H groups in total. The Morgan fingerprint density at radius 3 is 3.00 bits per heavy atom. The third-order valence-electron chi connectivity index (χ3n) is 2.60. The minimum Gasteiger partial charge on any atom is -0.493 e. The molecule has 0 saturated carbocycles. The standard InChI is InChI=1S/C11H15NO4S/c13-6-1-5-12-17(14,15)10-2-3-11-9(8-10)4-7-16-11/h2-3,8,12-13H,1,4-7H2. The van der Waals surface area contributed by atoms with Gasteiger partial charge in [-0.15, -0.1) is 0 Å². The van der Waals surface area contributed by atoms with Crippen LogP contribution in [0.4, 0.5) is 0 Å². The zero-order valence-corrected chi connectivity index (χ0v) is 10.2. The van der Waals surface area contributed by atoms with Crippen LogP contribution in [0.2, 0.25) is 0 Å². The predicted octanol–water partition coefficient (Wildman–Crippen LogP) is 0.282. The molecule has 0 saturated heterocycles. The molecule has 0 amide bonds. The van der Waals surface area contributed by atoms with E-state index in [0.29, 0.717) is 13.0 Å². The van der Waals surface area contributed by atoms with Crippen LogP contribution in [0.15, 0.2) is 23.1 Å². The number of hydrogen-bond acceptors (Lipinski definition) is 4. The molecular weight excluding hydrogens is 242 g/mol. The van der Waals surface area contributed by atoms with Crippen LogP contribution in [-0.4, -0.2) is 33.3 Å². The Hall–Kier alpha value is -1.11. The molecule has 1 aromatic carbocycles. The van der Waals surface area contributed by atoms with Crippen molar-refractivity contribution < 1.29 is 18.3 Å². The summed E-state index contributed by atoms with van der Waals surface area (Å²) in [6.45, 7) is 0.823. The molecule has 0 aliphatic carbocycles. The van der Waals surface area contributed by atoms with Gasteiger partial charge in [-0.2, -0.15) is 0 Å². The van der Waals surface area contributed by atoms with Crippen LogP contribution >= 0.6 is 0 Å². The van der Waals surface area contributed by atoms with E-state index < -0.39 is 10.0 Å². The van der Waals surface area contributed by atoms with Crippen LogP contribution < -0.4 is 9.46 Å². The van der Waals surface area contributed by atoms with Gasteiger partial charge in [-0.1, -0.05) is 0 Å². The van der Waals surface area contributed by atoms with Crippen LogP contribution in [0.1, 0.15) is 12.0 Å². The van der Waals surface area contributed by atoms with E-state index in [4.69, 9.17) is 9.84 Å². The van der Waals surface area contributed by atoms with Crippen molar-refractivity contribution in [1.29, 1.82) is 0 Å². The summed E-state index contributed by atoms with van der Waals surface area (Å²) in [4.78, 5) is 0.250. The molecule has 0 aromatic heterocycles. The summed E-state index contributed by atoms with van der Waals surface area (Å²) in [6.07, 6.45) is 1.16. The summed E-state index contributed by atoms with van der Waals surface area (Å²) < 4.78 is 31.5. The first-order valence-corrected chi connectivity index (χ1v) is 6.98. The Balaban J connectivity index is 2.16. The highest BCUT2D eigenvalue weighted by Gasteiger charge is 2.18. The number of ether oxygens (including phenoxy) is 1. The second kappa shape index (κ2) is 5.03. The van der Waals surface area contributed by atoms with Gasteiger partial charge >= 0.3 is 0 Å². The van der Waals surface area contributed by atoms with E-state index in [0.717, 1.165) is 17.7 Å². The van der Waals surface area contributed by atoms with E-state index in [1.54, 1.807) is 12.1 Å². The monoisotopic (exact) mass is 257 g/mol. The molecular formula is C11H15NO4S. The smallest absolute Gasteiger partial charge is 0.240 e. The van der Waals surface area contributed by atoms with E-state index in [1.165, 1.54) is 6.07 Å². The van der Waals surface area contributed by atoms with Crippen molar-refractivity contribution in [1.82, 2.24) is 4.72 Å². The fourth-order valence-corrected chi connectivity index (χ4v) is 2.82. The molecule has 0 bridgehead atoms. The lowest BCUT2D eigenvalue weighted by Gasteiger charge is -2.07. The van der Waals surface area contributed by atoms with Gasteiger partial charge in [0, 0.05) is 19.6 Å². The molecule has 0 atom stereocenters. The third-order valence-corrected chi connectivity index (χ3v) is 4.06. The van der Waals surface area contributed by atoms with Crippen molar-refractivity contribution in [2.24, 2.45) is 0 Å². The number of hydrogen-bond donors (Lipinski definition) is 2. The summed E-state index contributed by atoms with van der Waals surface area (Å²) in [5.41, 5.74) is 0.926. The molecule has 1 aromatic rings. The first kappa shape index (κ1) is 12.3. The first-order valence-electron chi connectivity index (χ1n) is 5.50. The molecule has 1 aliphatic heterocycles. The minimum absolute atomic E-state index is 0.0272. The van der Waals surface area contributed by atoms with Crippen LogP contribution in [-0.2, 0) is 16.4 Å². The lowest BCUT2D eigenvalue weighted by atomic mass is 10.2. The van der Waals surface area contributed by atoms with Gasteiger partial charge in [0.25, 0.3) is 0 Å². The zero-order valence-electron chi connectivity index (χ0n) is 9.35. The van der Waals surface area contributed by atoms with Gasteiger partial charge < -0.3 is 9.84 Å². The molecule has 5 nitrogen and oxygen atoms in total. The first-order chi connectivity index (χ1) is 8.13. The normalized spacial score (nSPS) is 14.4. The number of aliphatic hydroxyl groups excluding tert-OH is 1. The van der Waals surface area contributed by atoms with Crippen LogP contribution in [0, 0.1) is 0 Å². The molecule has 17 heavy (non-hydrogen) atoms.